The van der Waals surface area contributed by atoms with Gasteiger partial charge in [0.1, 0.15) is 5.82 Å². The van der Waals surface area contributed by atoms with Gasteiger partial charge in [-0.25, -0.2) is 4.98 Å². The van der Waals surface area contributed by atoms with Gasteiger partial charge in [0.15, 0.2) is 0 Å². The van der Waals surface area contributed by atoms with Crippen molar-refractivity contribution in [2.75, 3.05) is 38.5 Å². The number of halogens is 1. The molecule has 116 valence electrons. The summed E-state index contributed by atoms with van der Waals surface area (Å²) in [7, 11) is 2.09. The molecule has 0 saturated carbocycles. The number of pyridine rings is 1. The Labute approximate surface area is 131 Å². The third kappa shape index (κ3) is 3.86. The van der Waals surface area contributed by atoms with Crippen molar-refractivity contribution in [2.24, 2.45) is 0 Å². The Bertz CT molecular complexity index is 508. The van der Waals surface area contributed by atoms with Gasteiger partial charge in [0.25, 0.3) is 5.91 Å². The predicted molar refractivity (Wildman–Crippen MR) is 86.0 cm³/mol. The molecule has 2 heterocycles. The fraction of sp³-hybridized carbons (Fsp3) is 0.600. The molecule has 21 heavy (non-hydrogen) atoms. The van der Waals surface area contributed by atoms with Crippen LogP contribution in [0.5, 0.6) is 0 Å². The number of rotatable bonds is 3. The largest absolute Gasteiger partial charge is 0.370 e. The van der Waals surface area contributed by atoms with Gasteiger partial charge >= 0.3 is 0 Å². The molecule has 0 aromatic carbocycles. The Morgan fingerprint density at radius 3 is 3.00 bits per heavy atom. The zero-order valence-corrected chi connectivity index (χ0v) is 13.7. The molecule has 1 aliphatic rings. The van der Waals surface area contributed by atoms with Crippen molar-refractivity contribution in [3.63, 3.8) is 0 Å². The Hall–Kier alpha value is -1.33. The SMILES string of the molecule is CCNc1cc(C(=O)N2CCCN(C)CC2C)c(Cl)cn1. The highest BCUT2D eigenvalue weighted by Gasteiger charge is 2.26. The number of hydrogen-bond donors (Lipinski definition) is 1. The van der Waals surface area contributed by atoms with Crippen LogP contribution in [0, 0.1) is 0 Å². The lowest BCUT2D eigenvalue weighted by Crippen LogP contribution is -2.42. The van der Waals surface area contributed by atoms with Gasteiger partial charge in [0.2, 0.25) is 0 Å². The maximum atomic E-state index is 12.8. The first-order valence-corrected chi connectivity index (χ1v) is 7.79. The summed E-state index contributed by atoms with van der Waals surface area (Å²) < 4.78 is 0. The van der Waals surface area contributed by atoms with E-state index in [0.29, 0.717) is 16.4 Å². The van der Waals surface area contributed by atoms with E-state index in [1.165, 1.54) is 0 Å². The van der Waals surface area contributed by atoms with Crippen LogP contribution in [0.3, 0.4) is 0 Å². The molecule has 0 bridgehead atoms. The van der Waals surface area contributed by atoms with Crippen LogP contribution >= 0.6 is 11.6 Å². The van der Waals surface area contributed by atoms with Crippen molar-refractivity contribution in [3.05, 3.63) is 22.8 Å². The molecular formula is C15H23ClN4O. The van der Waals surface area contributed by atoms with E-state index in [1.54, 1.807) is 12.3 Å². The molecule has 0 radical (unpaired) electrons. The van der Waals surface area contributed by atoms with E-state index in [-0.39, 0.29) is 11.9 Å². The zero-order chi connectivity index (χ0) is 15.4. The molecular weight excluding hydrogens is 288 g/mol. The maximum Gasteiger partial charge on any atom is 0.255 e. The number of nitrogens with zero attached hydrogens (tertiary/aromatic N) is 3. The molecule has 5 nitrogen and oxygen atoms in total. The summed E-state index contributed by atoms with van der Waals surface area (Å²) in [6.45, 7) is 7.49. The molecule has 1 unspecified atom stereocenters. The monoisotopic (exact) mass is 310 g/mol. The fourth-order valence-electron chi connectivity index (χ4n) is 2.71. The molecule has 0 aliphatic carbocycles. The van der Waals surface area contributed by atoms with Crippen LogP contribution in [0.1, 0.15) is 30.6 Å². The lowest BCUT2D eigenvalue weighted by molar-refractivity contribution is 0.0696. The average molecular weight is 311 g/mol. The van der Waals surface area contributed by atoms with Crippen LogP contribution < -0.4 is 5.32 Å². The molecule has 1 aliphatic heterocycles. The van der Waals surface area contributed by atoms with Gasteiger partial charge < -0.3 is 15.1 Å². The number of carbonyl (C=O) groups excluding carboxylic acids is 1. The standard InChI is InChI=1S/C15H23ClN4O/c1-4-17-14-8-12(13(16)9-18-14)15(21)20-7-5-6-19(3)10-11(20)2/h8-9,11H,4-7,10H2,1-3H3,(H,17,18). The summed E-state index contributed by atoms with van der Waals surface area (Å²) in [4.78, 5) is 21.2. The van der Waals surface area contributed by atoms with Gasteiger partial charge in [-0.15, -0.1) is 0 Å². The Balaban J connectivity index is 2.23. The third-order valence-corrected chi connectivity index (χ3v) is 4.05. The van der Waals surface area contributed by atoms with Crippen LogP contribution in [-0.2, 0) is 0 Å². The second-order valence-electron chi connectivity index (χ2n) is 5.54. The van der Waals surface area contributed by atoms with Crippen molar-refractivity contribution < 1.29 is 4.79 Å². The van der Waals surface area contributed by atoms with Gasteiger partial charge in [-0.2, -0.15) is 0 Å². The lowest BCUT2D eigenvalue weighted by atomic mass is 10.2. The highest BCUT2D eigenvalue weighted by molar-refractivity contribution is 6.33. The molecule has 1 fully saturated rings. The Morgan fingerprint density at radius 2 is 2.29 bits per heavy atom. The summed E-state index contributed by atoms with van der Waals surface area (Å²) in [6.07, 6.45) is 2.52. The van der Waals surface area contributed by atoms with Crippen molar-refractivity contribution >= 4 is 23.3 Å². The normalized spacial score (nSPS) is 20.2. The first-order chi connectivity index (χ1) is 10.0. The van der Waals surface area contributed by atoms with Gasteiger partial charge in [-0.3, -0.25) is 4.79 Å². The van der Waals surface area contributed by atoms with Gasteiger partial charge in [0.05, 0.1) is 10.6 Å². The van der Waals surface area contributed by atoms with E-state index in [0.717, 1.165) is 32.6 Å². The van der Waals surface area contributed by atoms with Crippen LogP contribution in [-0.4, -0.2) is 60.0 Å². The first-order valence-electron chi connectivity index (χ1n) is 7.41. The van der Waals surface area contributed by atoms with Crippen LogP contribution in [0.25, 0.3) is 0 Å². The summed E-state index contributed by atoms with van der Waals surface area (Å²) in [5, 5.41) is 3.52. The molecule has 1 atom stereocenters. The van der Waals surface area contributed by atoms with Crippen LogP contribution in [0.15, 0.2) is 12.3 Å². The molecule has 0 spiro atoms. The first kappa shape index (κ1) is 16.0. The van der Waals surface area contributed by atoms with Crippen molar-refractivity contribution in [1.82, 2.24) is 14.8 Å². The number of amides is 1. The topological polar surface area (TPSA) is 48.5 Å². The van der Waals surface area contributed by atoms with Gasteiger partial charge in [0, 0.05) is 31.9 Å². The molecule has 1 saturated heterocycles. The van der Waals surface area contributed by atoms with Crippen molar-refractivity contribution in [2.45, 2.75) is 26.3 Å². The molecule has 1 amide bonds. The quantitative estimate of drug-likeness (QED) is 0.931. The van der Waals surface area contributed by atoms with Gasteiger partial charge in [-0.1, -0.05) is 11.6 Å². The highest BCUT2D eigenvalue weighted by Crippen LogP contribution is 2.22. The number of hydrogen-bond acceptors (Lipinski definition) is 4. The second kappa shape index (κ2) is 7.09. The number of nitrogens with one attached hydrogen (secondary N) is 1. The minimum Gasteiger partial charge on any atom is -0.370 e. The lowest BCUT2D eigenvalue weighted by Gasteiger charge is -2.28. The Morgan fingerprint density at radius 1 is 1.52 bits per heavy atom. The van der Waals surface area contributed by atoms with E-state index < -0.39 is 0 Å². The molecule has 1 N–H and O–H groups in total. The maximum absolute atomic E-state index is 12.8. The highest BCUT2D eigenvalue weighted by atomic mass is 35.5. The van der Waals surface area contributed by atoms with E-state index in [1.807, 2.05) is 11.8 Å². The fourth-order valence-corrected chi connectivity index (χ4v) is 2.89. The number of carbonyl (C=O) groups is 1. The molecule has 6 heteroatoms. The van der Waals surface area contributed by atoms with Crippen molar-refractivity contribution in [1.29, 1.82) is 0 Å². The minimum atomic E-state index is -0.00986. The average Bonchev–Trinajstić information content (AvgIpc) is 2.61. The summed E-state index contributed by atoms with van der Waals surface area (Å²) in [5.74, 6) is 0.675. The molecule has 1 aromatic heterocycles. The zero-order valence-electron chi connectivity index (χ0n) is 12.9. The van der Waals surface area contributed by atoms with Gasteiger partial charge in [-0.05, 0) is 39.9 Å². The number of aromatic nitrogens is 1. The second-order valence-corrected chi connectivity index (χ2v) is 5.95. The summed E-state index contributed by atoms with van der Waals surface area (Å²) in [5.41, 5.74) is 0.527. The smallest absolute Gasteiger partial charge is 0.255 e. The van der Waals surface area contributed by atoms with E-state index in [4.69, 9.17) is 11.6 Å². The molecule has 2 rings (SSSR count). The summed E-state index contributed by atoms with van der Waals surface area (Å²) >= 11 is 6.18. The minimum absolute atomic E-state index is 0.00986. The summed E-state index contributed by atoms with van der Waals surface area (Å²) in [6, 6.07) is 1.92. The van der Waals surface area contributed by atoms with E-state index in [9.17, 15) is 4.79 Å². The Kier molecular flexibility index (Phi) is 5.42. The molecule has 1 aromatic rings. The van der Waals surface area contributed by atoms with Crippen molar-refractivity contribution in [3.8, 4) is 0 Å². The number of likely N-dealkylation sites (N-methyl/N-ethyl adjacent to an activating group) is 1. The predicted octanol–water partition coefficient (Wildman–Crippen LogP) is 2.33. The van der Waals surface area contributed by atoms with E-state index >= 15 is 0 Å². The van der Waals surface area contributed by atoms with E-state index in [2.05, 4.69) is 29.2 Å². The third-order valence-electron chi connectivity index (χ3n) is 3.75. The van der Waals surface area contributed by atoms with Crippen LogP contribution in [0.2, 0.25) is 5.02 Å². The van der Waals surface area contributed by atoms with Crippen LogP contribution in [0.4, 0.5) is 5.82 Å². The number of anilines is 1.